The lowest BCUT2D eigenvalue weighted by Gasteiger charge is -2.34. The molecule has 1 aromatic heterocycles. The van der Waals surface area contributed by atoms with Gasteiger partial charge >= 0.3 is 0 Å². The smallest absolute Gasteiger partial charge is 0.238 e. The van der Waals surface area contributed by atoms with Crippen molar-refractivity contribution in [1.29, 1.82) is 0 Å². The van der Waals surface area contributed by atoms with Crippen molar-refractivity contribution in [1.82, 2.24) is 19.4 Å². The molecule has 2 heterocycles. The Balaban J connectivity index is 1.18. The van der Waals surface area contributed by atoms with E-state index in [1.54, 1.807) is 0 Å². The number of carbonyl (C=O) groups is 1. The number of imidazole rings is 1. The first-order valence-electron chi connectivity index (χ1n) is 12.1. The molecule has 1 aliphatic heterocycles. The summed E-state index contributed by atoms with van der Waals surface area (Å²) in [4.78, 5) is 21.7. The second kappa shape index (κ2) is 11.8. The molecular weight excluding hydrogens is 410 g/mol. The summed E-state index contributed by atoms with van der Waals surface area (Å²) in [6, 6.07) is 18.6. The highest BCUT2D eigenvalue weighted by Crippen LogP contribution is 2.17. The molecule has 0 radical (unpaired) electrons. The first-order valence-corrected chi connectivity index (χ1v) is 12.1. The molecule has 0 unspecified atom stereocenters. The van der Waals surface area contributed by atoms with E-state index in [0.717, 1.165) is 62.8 Å². The summed E-state index contributed by atoms with van der Waals surface area (Å²) in [5.74, 6) is 1.08. The SMILES string of the molecule is CCCCc1ccc(NC(=O)CN2CCN(CCn3ccnc3-c3ccccc3)CC2)cc1. The van der Waals surface area contributed by atoms with Gasteiger partial charge in [-0.25, -0.2) is 4.98 Å². The van der Waals surface area contributed by atoms with Crippen LogP contribution >= 0.6 is 0 Å². The molecule has 0 atom stereocenters. The third-order valence-electron chi connectivity index (χ3n) is 6.29. The van der Waals surface area contributed by atoms with E-state index in [-0.39, 0.29) is 5.91 Å². The summed E-state index contributed by atoms with van der Waals surface area (Å²) in [7, 11) is 0. The van der Waals surface area contributed by atoms with E-state index in [2.05, 4.69) is 62.1 Å². The summed E-state index contributed by atoms with van der Waals surface area (Å²) < 4.78 is 2.22. The van der Waals surface area contributed by atoms with E-state index in [4.69, 9.17) is 0 Å². The third-order valence-corrected chi connectivity index (χ3v) is 6.29. The van der Waals surface area contributed by atoms with Crippen molar-refractivity contribution in [2.45, 2.75) is 32.7 Å². The second-order valence-corrected chi connectivity index (χ2v) is 8.78. The fraction of sp³-hybridized carbons (Fsp3) is 0.407. The van der Waals surface area contributed by atoms with Crippen LogP contribution in [0.4, 0.5) is 5.69 Å². The van der Waals surface area contributed by atoms with Crippen LogP contribution in [0.1, 0.15) is 25.3 Å². The molecule has 4 rings (SSSR count). The zero-order valence-electron chi connectivity index (χ0n) is 19.6. The average molecular weight is 446 g/mol. The number of rotatable bonds is 10. The minimum absolute atomic E-state index is 0.0654. The van der Waals surface area contributed by atoms with Gasteiger partial charge in [0, 0.05) is 62.9 Å². The number of aromatic nitrogens is 2. The molecule has 0 bridgehead atoms. The number of aryl methyl sites for hydroxylation is 1. The van der Waals surface area contributed by atoms with Gasteiger partial charge in [-0.1, -0.05) is 55.8 Å². The quantitative estimate of drug-likeness (QED) is 0.509. The topological polar surface area (TPSA) is 53.4 Å². The summed E-state index contributed by atoms with van der Waals surface area (Å²) in [6.45, 7) is 8.35. The molecule has 1 fully saturated rings. The Kier molecular flexibility index (Phi) is 8.28. The van der Waals surface area contributed by atoms with Crippen LogP contribution in [0.25, 0.3) is 11.4 Å². The fourth-order valence-electron chi connectivity index (χ4n) is 4.30. The highest BCUT2D eigenvalue weighted by atomic mass is 16.2. The zero-order chi connectivity index (χ0) is 22.9. The van der Waals surface area contributed by atoms with E-state index >= 15 is 0 Å². The van der Waals surface area contributed by atoms with Crippen LogP contribution in [0.5, 0.6) is 0 Å². The number of nitrogens with one attached hydrogen (secondary N) is 1. The fourth-order valence-corrected chi connectivity index (χ4v) is 4.30. The van der Waals surface area contributed by atoms with Gasteiger partial charge < -0.3 is 9.88 Å². The van der Waals surface area contributed by atoms with Gasteiger partial charge in [-0.15, -0.1) is 0 Å². The van der Waals surface area contributed by atoms with Crippen molar-refractivity contribution in [2.75, 3.05) is 44.6 Å². The standard InChI is InChI=1S/C27H35N5O/c1-2-3-7-23-10-12-25(13-11-23)29-26(33)22-31-18-16-30(17-19-31)20-21-32-15-14-28-27(32)24-8-5-4-6-9-24/h4-6,8-15H,2-3,7,16-22H2,1H3,(H,29,33). The Morgan fingerprint density at radius 3 is 2.39 bits per heavy atom. The number of nitrogens with zero attached hydrogens (tertiary/aromatic N) is 4. The molecule has 0 aliphatic carbocycles. The highest BCUT2D eigenvalue weighted by Gasteiger charge is 2.19. The van der Waals surface area contributed by atoms with Crippen LogP contribution in [0.3, 0.4) is 0 Å². The lowest BCUT2D eigenvalue weighted by atomic mass is 10.1. The average Bonchev–Trinajstić information content (AvgIpc) is 3.32. The number of amides is 1. The van der Waals surface area contributed by atoms with Crippen LogP contribution in [0.15, 0.2) is 67.0 Å². The lowest BCUT2D eigenvalue weighted by Crippen LogP contribution is -2.49. The van der Waals surface area contributed by atoms with Crippen molar-refractivity contribution < 1.29 is 4.79 Å². The maximum atomic E-state index is 12.5. The molecule has 2 aromatic carbocycles. The van der Waals surface area contributed by atoms with E-state index in [1.165, 1.54) is 18.4 Å². The Hall–Kier alpha value is -2.96. The molecule has 1 aliphatic rings. The molecule has 0 saturated carbocycles. The molecule has 6 heteroatoms. The van der Waals surface area contributed by atoms with Crippen molar-refractivity contribution in [3.05, 3.63) is 72.6 Å². The number of hydrogen-bond donors (Lipinski definition) is 1. The molecule has 33 heavy (non-hydrogen) atoms. The van der Waals surface area contributed by atoms with Crippen LogP contribution < -0.4 is 5.32 Å². The van der Waals surface area contributed by atoms with Crippen LogP contribution in [0.2, 0.25) is 0 Å². The van der Waals surface area contributed by atoms with Gasteiger partial charge in [0.1, 0.15) is 5.82 Å². The third kappa shape index (κ3) is 6.76. The van der Waals surface area contributed by atoms with E-state index < -0.39 is 0 Å². The second-order valence-electron chi connectivity index (χ2n) is 8.78. The van der Waals surface area contributed by atoms with Crippen molar-refractivity contribution in [2.24, 2.45) is 0 Å². The maximum Gasteiger partial charge on any atom is 0.238 e. The molecule has 3 aromatic rings. The minimum atomic E-state index is 0.0654. The molecule has 1 amide bonds. The first kappa shape index (κ1) is 23.2. The lowest BCUT2D eigenvalue weighted by molar-refractivity contribution is -0.117. The van der Waals surface area contributed by atoms with Gasteiger partial charge in [-0.2, -0.15) is 0 Å². The predicted molar refractivity (Wildman–Crippen MR) is 134 cm³/mol. The van der Waals surface area contributed by atoms with Gasteiger partial charge in [0.2, 0.25) is 5.91 Å². The molecular formula is C27H35N5O. The molecule has 0 spiro atoms. The van der Waals surface area contributed by atoms with Gasteiger partial charge in [0.15, 0.2) is 0 Å². The number of hydrogen-bond acceptors (Lipinski definition) is 4. The molecule has 6 nitrogen and oxygen atoms in total. The maximum absolute atomic E-state index is 12.5. The normalized spacial score (nSPS) is 14.9. The van der Waals surface area contributed by atoms with E-state index in [0.29, 0.717) is 6.54 Å². The molecule has 1 N–H and O–H groups in total. The summed E-state index contributed by atoms with van der Waals surface area (Å²) >= 11 is 0. The van der Waals surface area contributed by atoms with Crippen molar-refractivity contribution in [3.8, 4) is 11.4 Å². The van der Waals surface area contributed by atoms with Gasteiger partial charge in [-0.3, -0.25) is 14.6 Å². The first-order chi connectivity index (χ1) is 16.2. The Morgan fingerprint density at radius 2 is 1.67 bits per heavy atom. The minimum Gasteiger partial charge on any atom is -0.330 e. The highest BCUT2D eigenvalue weighted by molar-refractivity contribution is 5.92. The Bertz CT molecular complexity index is 991. The van der Waals surface area contributed by atoms with Gasteiger partial charge in [-0.05, 0) is 30.5 Å². The largest absolute Gasteiger partial charge is 0.330 e. The number of piperazine rings is 1. The van der Waals surface area contributed by atoms with E-state index in [1.807, 2.05) is 36.5 Å². The summed E-state index contributed by atoms with van der Waals surface area (Å²) in [5, 5.41) is 3.04. The van der Waals surface area contributed by atoms with Crippen LogP contribution in [0, 0.1) is 0 Å². The summed E-state index contributed by atoms with van der Waals surface area (Å²) in [5.41, 5.74) is 3.36. The zero-order valence-corrected chi connectivity index (χ0v) is 19.6. The van der Waals surface area contributed by atoms with Crippen LogP contribution in [-0.4, -0.2) is 64.5 Å². The molecule has 1 saturated heterocycles. The van der Waals surface area contributed by atoms with Crippen molar-refractivity contribution in [3.63, 3.8) is 0 Å². The summed E-state index contributed by atoms with van der Waals surface area (Å²) in [6.07, 6.45) is 7.43. The molecule has 174 valence electrons. The number of benzene rings is 2. The Labute approximate surface area is 197 Å². The van der Waals surface area contributed by atoms with E-state index in [9.17, 15) is 4.79 Å². The number of anilines is 1. The number of unbranched alkanes of at least 4 members (excludes halogenated alkanes) is 1. The number of carbonyl (C=O) groups excluding carboxylic acids is 1. The van der Waals surface area contributed by atoms with Crippen molar-refractivity contribution >= 4 is 11.6 Å². The van der Waals surface area contributed by atoms with Crippen LogP contribution in [-0.2, 0) is 17.8 Å². The van der Waals surface area contributed by atoms with Gasteiger partial charge in [0.25, 0.3) is 0 Å². The van der Waals surface area contributed by atoms with Gasteiger partial charge in [0.05, 0.1) is 6.54 Å². The predicted octanol–water partition coefficient (Wildman–Crippen LogP) is 4.15. The Morgan fingerprint density at radius 1 is 0.939 bits per heavy atom. The monoisotopic (exact) mass is 445 g/mol.